The second-order valence-electron chi connectivity index (χ2n) is 8.16. The van der Waals surface area contributed by atoms with Crippen molar-refractivity contribution in [3.05, 3.63) is 76.4 Å². The van der Waals surface area contributed by atoms with E-state index in [0.717, 1.165) is 29.5 Å². The number of carbonyl (C=O) groups is 1. The molecule has 0 atom stereocenters. The average Bonchev–Trinajstić information content (AvgIpc) is 3.55. The minimum Gasteiger partial charge on any atom is -0.506 e. The van der Waals surface area contributed by atoms with Crippen LogP contribution in [-0.4, -0.2) is 34.8 Å². The Morgan fingerprint density at radius 1 is 1.16 bits per heavy atom. The Morgan fingerprint density at radius 2 is 1.91 bits per heavy atom. The van der Waals surface area contributed by atoms with E-state index in [2.05, 4.69) is 10.3 Å². The van der Waals surface area contributed by atoms with Crippen molar-refractivity contribution in [1.29, 1.82) is 0 Å². The van der Waals surface area contributed by atoms with Crippen LogP contribution in [0.1, 0.15) is 29.5 Å². The molecule has 2 heterocycles. The largest absolute Gasteiger partial charge is 0.506 e. The van der Waals surface area contributed by atoms with Crippen LogP contribution in [0.15, 0.2) is 54.7 Å². The van der Waals surface area contributed by atoms with Gasteiger partial charge in [0.25, 0.3) is 5.91 Å². The van der Waals surface area contributed by atoms with Crippen LogP contribution in [0.3, 0.4) is 0 Å². The van der Waals surface area contributed by atoms with Gasteiger partial charge in [0.1, 0.15) is 5.76 Å². The van der Waals surface area contributed by atoms with Gasteiger partial charge in [-0.15, -0.1) is 0 Å². The van der Waals surface area contributed by atoms with Crippen LogP contribution >= 0.6 is 11.6 Å². The van der Waals surface area contributed by atoms with Crippen molar-refractivity contribution in [2.24, 2.45) is 0 Å². The minimum absolute atomic E-state index is 0.106. The van der Waals surface area contributed by atoms with Crippen LogP contribution in [0.5, 0.6) is 5.88 Å². The summed E-state index contributed by atoms with van der Waals surface area (Å²) < 4.78 is 5.05. The Kier molecular flexibility index (Phi) is 4.92. The molecule has 2 aliphatic rings. The van der Waals surface area contributed by atoms with Crippen LogP contribution in [0.4, 0.5) is 5.69 Å². The number of aromatic nitrogens is 1. The maximum Gasteiger partial charge on any atom is 0.260 e. The number of hydrogen-bond acceptors (Lipinski definition) is 5. The number of ether oxygens (including phenoxy) is 1. The molecule has 0 radical (unpaired) electrons. The molecule has 0 saturated heterocycles. The van der Waals surface area contributed by atoms with Crippen LogP contribution < -0.4 is 10.1 Å². The number of fused-ring (bicyclic) bond motifs is 1. The number of benzene rings is 2. The molecule has 1 aromatic heterocycles. The molecule has 1 aliphatic carbocycles. The Bertz CT molecular complexity index is 1250. The predicted molar refractivity (Wildman–Crippen MR) is 124 cm³/mol. The molecule has 1 aliphatic heterocycles. The van der Waals surface area contributed by atoms with Gasteiger partial charge in [-0.3, -0.25) is 4.79 Å². The third kappa shape index (κ3) is 3.32. The summed E-state index contributed by atoms with van der Waals surface area (Å²) in [5, 5.41) is 23.8. The van der Waals surface area contributed by atoms with Crippen molar-refractivity contribution in [2.75, 3.05) is 19.0 Å². The Morgan fingerprint density at radius 3 is 2.50 bits per heavy atom. The second-order valence-corrected chi connectivity index (χ2v) is 8.57. The van der Waals surface area contributed by atoms with Crippen LogP contribution in [0, 0.1) is 0 Å². The molecule has 3 N–H and O–H groups in total. The molecule has 32 heavy (non-hydrogen) atoms. The van der Waals surface area contributed by atoms with Gasteiger partial charge < -0.3 is 20.3 Å². The fraction of sp³-hybridized carbons (Fsp3) is 0.200. The number of amides is 1. The molecule has 3 aromatic rings. The number of aliphatic hydroxyl groups is 2. The molecule has 0 spiro atoms. The highest BCUT2D eigenvalue weighted by Gasteiger charge is 2.43. The molecule has 1 saturated carbocycles. The van der Waals surface area contributed by atoms with Crippen LogP contribution in [0.2, 0.25) is 5.02 Å². The fourth-order valence-electron chi connectivity index (χ4n) is 4.12. The van der Waals surface area contributed by atoms with Gasteiger partial charge in [-0.25, -0.2) is 4.98 Å². The van der Waals surface area contributed by atoms with E-state index in [9.17, 15) is 15.0 Å². The summed E-state index contributed by atoms with van der Waals surface area (Å²) in [7, 11) is 1.51. The fourth-order valence-corrected chi connectivity index (χ4v) is 4.40. The van der Waals surface area contributed by atoms with E-state index < -0.39 is 5.91 Å². The lowest BCUT2D eigenvalue weighted by Gasteiger charge is -2.14. The summed E-state index contributed by atoms with van der Waals surface area (Å²) in [5.74, 6) is -0.163. The number of nitrogens with zero attached hydrogens (tertiary/aromatic N) is 1. The molecule has 0 bridgehead atoms. The predicted octanol–water partition coefficient (Wildman–Crippen LogP) is 4.81. The maximum absolute atomic E-state index is 12.7. The molecule has 1 amide bonds. The van der Waals surface area contributed by atoms with Gasteiger partial charge >= 0.3 is 0 Å². The van der Waals surface area contributed by atoms with E-state index >= 15 is 0 Å². The number of hydrogen-bond donors (Lipinski definition) is 3. The van der Waals surface area contributed by atoms with Gasteiger partial charge in [-0.2, -0.15) is 0 Å². The number of halogens is 1. The summed E-state index contributed by atoms with van der Waals surface area (Å²) in [6.45, 7) is 0.146. The number of aliphatic hydroxyl groups excluding tert-OH is 2. The van der Waals surface area contributed by atoms with Crippen molar-refractivity contribution in [3.8, 4) is 17.0 Å². The first-order valence-electron chi connectivity index (χ1n) is 10.3. The third-order valence-electron chi connectivity index (χ3n) is 6.27. The minimum atomic E-state index is -0.407. The second kappa shape index (κ2) is 7.65. The number of nitrogens with one attached hydrogen (secondary N) is 1. The van der Waals surface area contributed by atoms with Gasteiger partial charge in [0.2, 0.25) is 5.88 Å². The van der Waals surface area contributed by atoms with Crippen molar-refractivity contribution >= 4 is 34.5 Å². The van der Waals surface area contributed by atoms with E-state index in [1.165, 1.54) is 13.3 Å². The van der Waals surface area contributed by atoms with Crippen LogP contribution in [0.25, 0.3) is 22.5 Å². The molecule has 0 unspecified atom stereocenters. The van der Waals surface area contributed by atoms with Gasteiger partial charge in [0.15, 0.2) is 0 Å². The Hall–Kier alpha value is -3.35. The molecule has 5 rings (SSSR count). The first kappa shape index (κ1) is 20.5. The zero-order valence-corrected chi connectivity index (χ0v) is 18.1. The lowest BCUT2D eigenvalue weighted by atomic mass is 9.93. The van der Waals surface area contributed by atoms with Crippen molar-refractivity contribution in [2.45, 2.75) is 18.3 Å². The van der Waals surface area contributed by atoms with Crippen LogP contribution in [-0.2, 0) is 10.2 Å². The average molecular weight is 449 g/mol. The topological polar surface area (TPSA) is 91.7 Å². The zero-order valence-electron chi connectivity index (χ0n) is 17.4. The highest BCUT2D eigenvalue weighted by atomic mass is 35.5. The molecule has 2 aromatic carbocycles. The first-order valence-corrected chi connectivity index (χ1v) is 10.6. The Labute approximate surface area is 190 Å². The number of carbonyl (C=O) groups excluding carboxylic acids is 1. The standard InChI is InChI=1S/C25H21ClN2O4/c1-32-21-7-4-15(12-27-21)23(30)22-18-10-17(19(26)11-20(18)28-24(22)31)14-2-5-16(6-3-14)25(13-29)8-9-25/h2-7,10-12,29-30H,8-9,13H2,1H3,(H,28,31). The molecule has 6 nitrogen and oxygen atoms in total. The third-order valence-corrected chi connectivity index (χ3v) is 6.58. The summed E-state index contributed by atoms with van der Waals surface area (Å²) in [5.41, 5.74) is 4.33. The first-order chi connectivity index (χ1) is 15.5. The molecule has 7 heteroatoms. The zero-order chi connectivity index (χ0) is 22.5. The van der Waals surface area contributed by atoms with Gasteiger partial charge in [0.05, 0.1) is 30.0 Å². The summed E-state index contributed by atoms with van der Waals surface area (Å²) in [4.78, 5) is 16.8. The van der Waals surface area contributed by atoms with E-state index in [0.29, 0.717) is 27.7 Å². The van der Waals surface area contributed by atoms with Gasteiger partial charge in [-0.05, 0) is 42.2 Å². The molecular weight excluding hydrogens is 428 g/mol. The summed E-state index contributed by atoms with van der Waals surface area (Å²) >= 11 is 6.54. The molecule has 1 fully saturated rings. The number of anilines is 1. The van der Waals surface area contributed by atoms with E-state index in [1.54, 1.807) is 18.2 Å². The SMILES string of the molecule is COc1ccc(C(O)=C2C(=O)Nc3cc(Cl)c(-c4ccc(C5(CO)CC5)cc4)cc32)cn1. The summed E-state index contributed by atoms with van der Waals surface area (Å²) in [6.07, 6.45) is 3.44. The lowest BCUT2D eigenvalue weighted by Crippen LogP contribution is -2.11. The molecule has 162 valence electrons. The lowest BCUT2D eigenvalue weighted by molar-refractivity contribution is -0.110. The van der Waals surface area contributed by atoms with E-state index in [4.69, 9.17) is 16.3 Å². The monoisotopic (exact) mass is 448 g/mol. The van der Waals surface area contributed by atoms with Gasteiger partial charge in [-0.1, -0.05) is 35.9 Å². The maximum atomic E-state index is 12.7. The van der Waals surface area contributed by atoms with Crippen molar-refractivity contribution in [3.63, 3.8) is 0 Å². The molecular formula is C25H21ClN2O4. The summed E-state index contributed by atoms with van der Waals surface area (Å²) in [6, 6.07) is 14.7. The quantitative estimate of drug-likeness (QED) is 0.384. The van der Waals surface area contributed by atoms with Crippen molar-refractivity contribution in [1.82, 2.24) is 4.98 Å². The number of pyridine rings is 1. The number of rotatable bonds is 5. The number of methoxy groups -OCH3 is 1. The van der Waals surface area contributed by atoms with Gasteiger partial charge in [0, 0.05) is 34.4 Å². The highest BCUT2D eigenvalue weighted by molar-refractivity contribution is 6.38. The highest BCUT2D eigenvalue weighted by Crippen LogP contribution is 2.48. The normalized spacial score (nSPS) is 17.5. The smallest absolute Gasteiger partial charge is 0.260 e. The van der Waals surface area contributed by atoms with E-state index in [1.807, 2.05) is 30.3 Å². The van der Waals surface area contributed by atoms with E-state index in [-0.39, 0.29) is 23.4 Å². The Balaban J connectivity index is 1.56. The van der Waals surface area contributed by atoms with Crippen molar-refractivity contribution < 1.29 is 19.7 Å².